The van der Waals surface area contributed by atoms with Crippen molar-refractivity contribution in [2.45, 2.75) is 0 Å². The third kappa shape index (κ3) is 1.72. The van der Waals surface area contributed by atoms with Gasteiger partial charge in [-0.15, -0.1) is 11.3 Å². The van der Waals surface area contributed by atoms with Crippen LogP contribution in [0, 0.1) is 0 Å². The molecule has 0 N–H and O–H groups in total. The van der Waals surface area contributed by atoms with Crippen LogP contribution in [0.1, 0.15) is 5.01 Å². The van der Waals surface area contributed by atoms with Gasteiger partial charge in [0.2, 0.25) is 0 Å². The number of thiazole rings is 1. The Bertz CT molecular complexity index is 424. The summed E-state index contributed by atoms with van der Waals surface area (Å²) in [7, 11) is 0. The molecular weight excluding hydrogens is 192 g/mol. The summed E-state index contributed by atoms with van der Waals surface area (Å²) in [6, 6.07) is 7.36. The molecule has 0 spiro atoms. The smallest absolute Gasteiger partial charge is 0.236 e. The van der Waals surface area contributed by atoms with Gasteiger partial charge in [-0.3, -0.25) is 0 Å². The Labute approximate surface area is 77.3 Å². The van der Waals surface area contributed by atoms with E-state index >= 15 is 0 Å². The number of halogens is 2. The average molecular weight is 197 g/mol. The lowest BCUT2D eigenvalue weighted by atomic mass is 10.3. The van der Waals surface area contributed by atoms with Crippen molar-refractivity contribution < 1.29 is 8.78 Å². The van der Waals surface area contributed by atoms with E-state index in [9.17, 15) is 8.78 Å². The first-order valence-corrected chi connectivity index (χ1v) is 4.45. The van der Waals surface area contributed by atoms with Crippen molar-refractivity contribution in [3.8, 4) is 0 Å². The van der Waals surface area contributed by atoms with Crippen LogP contribution in [0.3, 0.4) is 0 Å². The van der Waals surface area contributed by atoms with Gasteiger partial charge in [0, 0.05) is 6.08 Å². The fourth-order valence-electron chi connectivity index (χ4n) is 1.05. The van der Waals surface area contributed by atoms with Crippen LogP contribution in [0.5, 0.6) is 0 Å². The van der Waals surface area contributed by atoms with Crippen LogP contribution in [-0.2, 0) is 0 Å². The van der Waals surface area contributed by atoms with Gasteiger partial charge in [0.1, 0.15) is 5.01 Å². The Morgan fingerprint density at radius 2 is 2.08 bits per heavy atom. The second kappa shape index (κ2) is 3.22. The van der Waals surface area contributed by atoms with Crippen LogP contribution >= 0.6 is 11.3 Å². The molecule has 0 atom stereocenters. The SMILES string of the molecule is FC(F)=Cc1nc2ccccc2s1. The topological polar surface area (TPSA) is 12.9 Å². The van der Waals surface area contributed by atoms with Gasteiger partial charge in [-0.05, 0) is 12.1 Å². The predicted octanol–water partition coefficient (Wildman–Crippen LogP) is 3.53. The van der Waals surface area contributed by atoms with E-state index in [1.807, 2.05) is 18.2 Å². The number of nitrogens with zero attached hydrogens (tertiary/aromatic N) is 1. The molecule has 1 aromatic carbocycles. The number of hydrogen-bond acceptors (Lipinski definition) is 2. The van der Waals surface area contributed by atoms with Crippen molar-refractivity contribution in [1.82, 2.24) is 4.98 Å². The Balaban J connectivity index is 2.56. The Morgan fingerprint density at radius 3 is 2.77 bits per heavy atom. The molecular formula is C9H5F2NS. The number of rotatable bonds is 1. The lowest BCUT2D eigenvalue weighted by molar-refractivity contribution is 0.429. The van der Waals surface area contributed by atoms with Gasteiger partial charge in [0.25, 0.3) is 6.08 Å². The zero-order valence-electron chi connectivity index (χ0n) is 6.50. The minimum Gasteiger partial charge on any atom is -0.236 e. The number of aromatic nitrogens is 1. The predicted molar refractivity (Wildman–Crippen MR) is 49.8 cm³/mol. The van der Waals surface area contributed by atoms with Crippen LogP contribution in [0.4, 0.5) is 8.78 Å². The van der Waals surface area contributed by atoms with E-state index in [1.165, 1.54) is 11.3 Å². The van der Waals surface area contributed by atoms with Crippen molar-refractivity contribution in [3.63, 3.8) is 0 Å². The molecule has 1 heterocycles. The van der Waals surface area contributed by atoms with Gasteiger partial charge in [-0.2, -0.15) is 8.78 Å². The monoisotopic (exact) mass is 197 g/mol. The molecule has 0 fully saturated rings. The van der Waals surface area contributed by atoms with Crippen molar-refractivity contribution in [2.24, 2.45) is 0 Å². The summed E-state index contributed by atoms with van der Waals surface area (Å²) in [5, 5.41) is 0.348. The van der Waals surface area contributed by atoms with Crippen LogP contribution in [0.15, 0.2) is 30.3 Å². The molecule has 66 valence electrons. The normalized spacial score (nSPS) is 10.3. The highest BCUT2D eigenvalue weighted by Crippen LogP contribution is 2.23. The zero-order chi connectivity index (χ0) is 9.26. The summed E-state index contributed by atoms with van der Waals surface area (Å²) >= 11 is 1.26. The largest absolute Gasteiger partial charge is 0.273 e. The Morgan fingerprint density at radius 1 is 1.31 bits per heavy atom. The highest BCUT2D eigenvalue weighted by atomic mass is 32.1. The molecule has 0 amide bonds. The second-order valence-corrected chi connectivity index (χ2v) is 3.52. The van der Waals surface area contributed by atoms with Crippen molar-refractivity contribution in [1.29, 1.82) is 0 Å². The molecule has 0 aliphatic heterocycles. The van der Waals surface area contributed by atoms with Gasteiger partial charge in [0.05, 0.1) is 10.2 Å². The summed E-state index contributed by atoms with van der Waals surface area (Å²) in [4.78, 5) is 4.02. The van der Waals surface area contributed by atoms with Gasteiger partial charge in [-0.25, -0.2) is 4.98 Å². The van der Waals surface area contributed by atoms with E-state index in [-0.39, 0.29) is 0 Å². The van der Waals surface area contributed by atoms with Crippen LogP contribution in [-0.4, -0.2) is 4.98 Å². The zero-order valence-corrected chi connectivity index (χ0v) is 7.31. The molecule has 1 aromatic heterocycles. The average Bonchev–Trinajstić information content (AvgIpc) is 2.44. The second-order valence-electron chi connectivity index (χ2n) is 2.45. The summed E-state index contributed by atoms with van der Waals surface area (Å²) in [6.45, 7) is 0. The Kier molecular flexibility index (Phi) is 2.06. The molecule has 0 saturated carbocycles. The molecule has 13 heavy (non-hydrogen) atoms. The molecule has 2 rings (SSSR count). The van der Waals surface area contributed by atoms with Crippen molar-refractivity contribution in [3.05, 3.63) is 35.4 Å². The first-order chi connectivity index (χ1) is 6.25. The summed E-state index contributed by atoms with van der Waals surface area (Å²) < 4.78 is 24.7. The molecule has 0 unspecified atom stereocenters. The quantitative estimate of drug-likeness (QED) is 0.681. The van der Waals surface area contributed by atoms with Gasteiger partial charge in [-0.1, -0.05) is 12.1 Å². The summed E-state index contributed by atoms with van der Waals surface area (Å²) in [5.74, 6) is 0. The standard InChI is InChI=1S/C9H5F2NS/c10-8(11)5-9-12-6-3-1-2-4-7(6)13-9/h1-5H. The molecule has 0 aliphatic carbocycles. The molecule has 0 radical (unpaired) electrons. The summed E-state index contributed by atoms with van der Waals surface area (Å²) in [5.41, 5.74) is 0.764. The molecule has 1 nitrogen and oxygen atoms in total. The molecule has 0 bridgehead atoms. The minimum atomic E-state index is -1.71. The van der Waals surface area contributed by atoms with E-state index in [2.05, 4.69) is 4.98 Å². The number of benzene rings is 1. The van der Waals surface area contributed by atoms with Gasteiger partial charge in [0.15, 0.2) is 0 Å². The van der Waals surface area contributed by atoms with E-state index in [0.29, 0.717) is 5.01 Å². The highest BCUT2D eigenvalue weighted by molar-refractivity contribution is 7.19. The highest BCUT2D eigenvalue weighted by Gasteiger charge is 2.01. The lowest BCUT2D eigenvalue weighted by Crippen LogP contribution is -1.68. The lowest BCUT2D eigenvalue weighted by Gasteiger charge is -1.80. The molecule has 2 aromatic rings. The third-order valence-electron chi connectivity index (χ3n) is 1.54. The van der Waals surface area contributed by atoms with Gasteiger partial charge < -0.3 is 0 Å². The molecule has 0 saturated heterocycles. The fourth-order valence-corrected chi connectivity index (χ4v) is 1.93. The number of fused-ring (bicyclic) bond motifs is 1. The van der Waals surface area contributed by atoms with E-state index in [0.717, 1.165) is 16.3 Å². The first kappa shape index (κ1) is 8.31. The van der Waals surface area contributed by atoms with Crippen molar-refractivity contribution in [2.75, 3.05) is 0 Å². The van der Waals surface area contributed by atoms with Crippen LogP contribution in [0.25, 0.3) is 16.3 Å². The van der Waals surface area contributed by atoms with E-state index < -0.39 is 6.08 Å². The van der Waals surface area contributed by atoms with E-state index in [4.69, 9.17) is 0 Å². The molecule has 4 heteroatoms. The maximum Gasteiger partial charge on any atom is 0.273 e. The minimum absolute atomic E-state index is 0.348. The molecule has 0 aliphatic rings. The van der Waals surface area contributed by atoms with Gasteiger partial charge >= 0.3 is 0 Å². The fraction of sp³-hybridized carbons (Fsp3) is 0. The van der Waals surface area contributed by atoms with Crippen LogP contribution in [0.2, 0.25) is 0 Å². The third-order valence-corrected chi connectivity index (χ3v) is 2.53. The maximum atomic E-state index is 11.9. The van der Waals surface area contributed by atoms with Crippen LogP contribution < -0.4 is 0 Å². The van der Waals surface area contributed by atoms with Crippen molar-refractivity contribution >= 4 is 27.6 Å². The number of para-hydroxylation sites is 1. The Hall–Kier alpha value is -1.29. The maximum absolute atomic E-state index is 11.9. The van der Waals surface area contributed by atoms with E-state index in [1.54, 1.807) is 6.07 Å². The summed E-state index contributed by atoms with van der Waals surface area (Å²) in [6.07, 6.45) is -0.927. The number of hydrogen-bond donors (Lipinski definition) is 0. The first-order valence-electron chi connectivity index (χ1n) is 3.64.